The maximum atomic E-state index is 4.67. The fraction of sp³-hybridized carbons (Fsp3) is 0.0714. The molecule has 2 nitrogen and oxygen atoms in total. The van der Waals surface area contributed by atoms with E-state index in [-0.39, 0.29) is 0 Å². The quantitative estimate of drug-likeness (QED) is 0.432. The van der Waals surface area contributed by atoms with E-state index in [1.54, 1.807) is 0 Å². The smallest absolute Gasteiger partial charge is 0.118 e. The van der Waals surface area contributed by atoms with Crippen LogP contribution in [-0.4, -0.2) is 9.55 Å². The molecule has 0 unspecified atom stereocenters. The Morgan fingerprint density at radius 2 is 1.75 bits per heavy atom. The fourth-order valence-corrected chi connectivity index (χ4v) is 2.51. The lowest BCUT2D eigenvalue weighted by Crippen LogP contribution is -1.90. The Morgan fingerprint density at radius 3 is 2.75 bits per heavy atom. The summed E-state index contributed by atoms with van der Waals surface area (Å²) >= 11 is 0. The number of benzene rings is 2. The van der Waals surface area contributed by atoms with E-state index in [9.17, 15) is 0 Å². The first-order chi connectivity index (χ1) is 7.93. The van der Waals surface area contributed by atoms with Crippen LogP contribution in [0.5, 0.6) is 0 Å². The molecule has 2 heteroatoms. The van der Waals surface area contributed by atoms with Crippen molar-refractivity contribution >= 4 is 11.0 Å². The molecule has 2 heterocycles. The van der Waals surface area contributed by atoms with Crippen LogP contribution >= 0.6 is 0 Å². The number of hydrogen-bond donors (Lipinski definition) is 0. The Labute approximate surface area is 93.2 Å². The molecule has 0 radical (unpaired) electrons. The summed E-state index contributed by atoms with van der Waals surface area (Å²) in [4.78, 5) is 4.67. The van der Waals surface area contributed by atoms with Crippen LogP contribution in [0.15, 0.2) is 48.5 Å². The molecule has 0 amide bonds. The van der Waals surface area contributed by atoms with Crippen molar-refractivity contribution in [3.05, 3.63) is 59.9 Å². The molecule has 0 aliphatic carbocycles. The van der Waals surface area contributed by atoms with Crippen LogP contribution in [0.4, 0.5) is 0 Å². The van der Waals surface area contributed by atoms with Gasteiger partial charge in [-0.15, -0.1) is 0 Å². The van der Waals surface area contributed by atoms with Gasteiger partial charge >= 0.3 is 0 Å². The van der Waals surface area contributed by atoms with Crippen molar-refractivity contribution in [1.29, 1.82) is 0 Å². The molecule has 76 valence electrons. The topological polar surface area (TPSA) is 17.8 Å². The number of imidazole rings is 1. The minimum Gasteiger partial charge on any atom is -0.296 e. The van der Waals surface area contributed by atoms with E-state index in [1.807, 2.05) is 6.07 Å². The molecular weight excluding hydrogens is 196 g/mol. The van der Waals surface area contributed by atoms with Crippen LogP contribution in [0.1, 0.15) is 11.4 Å². The molecule has 0 spiro atoms. The third-order valence-corrected chi connectivity index (χ3v) is 3.21. The van der Waals surface area contributed by atoms with Crippen molar-refractivity contribution in [1.82, 2.24) is 9.55 Å². The first-order valence-electron chi connectivity index (χ1n) is 5.48. The standard InChI is InChI=1S/C14H10N2/c1-3-7-12-10(5-1)9-14-15-11-6-2-4-8-13(11)16(12)14/h1-8H,9H2. The highest BCUT2D eigenvalue weighted by Gasteiger charge is 2.21. The molecule has 16 heavy (non-hydrogen) atoms. The van der Waals surface area contributed by atoms with Gasteiger partial charge < -0.3 is 0 Å². The molecule has 1 aliphatic heterocycles. The largest absolute Gasteiger partial charge is 0.296 e. The molecule has 0 atom stereocenters. The van der Waals surface area contributed by atoms with Crippen molar-refractivity contribution in [2.45, 2.75) is 6.42 Å². The monoisotopic (exact) mass is 206 g/mol. The van der Waals surface area contributed by atoms with Crippen molar-refractivity contribution in [2.75, 3.05) is 0 Å². The summed E-state index contributed by atoms with van der Waals surface area (Å²) in [6.07, 6.45) is 0.949. The van der Waals surface area contributed by atoms with Crippen molar-refractivity contribution in [3.63, 3.8) is 0 Å². The average molecular weight is 206 g/mol. The maximum Gasteiger partial charge on any atom is 0.118 e. The van der Waals surface area contributed by atoms with E-state index in [0.717, 1.165) is 17.8 Å². The van der Waals surface area contributed by atoms with E-state index in [4.69, 9.17) is 0 Å². The van der Waals surface area contributed by atoms with Crippen molar-refractivity contribution in [2.24, 2.45) is 0 Å². The highest BCUT2D eigenvalue weighted by atomic mass is 15.1. The summed E-state index contributed by atoms with van der Waals surface area (Å²) in [7, 11) is 0. The molecule has 0 fully saturated rings. The molecule has 1 aliphatic rings. The number of rotatable bonds is 0. The van der Waals surface area contributed by atoms with Gasteiger partial charge in [-0.2, -0.15) is 0 Å². The van der Waals surface area contributed by atoms with Gasteiger partial charge in [0.05, 0.1) is 16.7 Å². The Morgan fingerprint density at radius 1 is 0.938 bits per heavy atom. The van der Waals surface area contributed by atoms with E-state index < -0.39 is 0 Å². The summed E-state index contributed by atoms with van der Waals surface area (Å²) in [5, 5.41) is 0. The zero-order valence-corrected chi connectivity index (χ0v) is 8.72. The van der Waals surface area contributed by atoms with E-state index in [1.165, 1.54) is 16.8 Å². The zero-order valence-electron chi connectivity index (χ0n) is 8.72. The molecular formula is C14H10N2. The summed E-state index contributed by atoms with van der Waals surface area (Å²) < 4.78 is 2.27. The Bertz CT molecular complexity index is 695. The number of aromatic nitrogens is 2. The predicted octanol–water partition coefficient (Wildman–Crippen LogP) is 2.93. The Balaban J connectivity index is 2.15. The normalized spacial score (nSPS) is 12.8. The van der Waals surface area contributed by atoms with E-state index in [2.05, 4.69) is 52.0 Å². The second-order valence-electron chi connectivity index (χ2n) is 4.16. The first kappa shape index (κ1) is 8.11. The van der Waals surface area contributed by atoms with Gasteiger partial charge in [0.2, 0.25) is 0 Å². The predicted molar refractivity (Wildman–Crippen MR) is 63.9 cm³/mol. The highest BCUT2D eigenvalue weighted by molar-refractivity contribution is 5.79. The minimum absolute atomic E-state index is 0.949. The van der Waals surface area contributed by atoms with Gasteiger partial charge in [0.1, 0.15) is 5.82 Å². The van der Waals surface area contributed by atoms with Crippen LogP contribution in [-0.2, 0) is 6.42 Å². The molecule has 0 N–H and O–H groups in total. The van der Waals surface area contributed by atoms with Crippen LogP contribution in [0.3, 0.4) is 0 Å². The first-order valence-corrected chi connectivity index (χ1v) is 5.48. The molecule has 2 aromatic carbocycles. The van der Waals surface area contributed by atoms with E-state index in [0.29, 0.717) is 0 Å². The Hall–Kier alpha value is -2.09. The second-order valence-corrected chi connectivity index (χ2v) is 4.16. The van der Waals surface area contributed by atoms with Gasteiger partial charge in [0, 0.05) is 6.42 Å². The average Bonchev–Trinajstić information content (AvgIpc) is 2.83. The number of para-hydroxylation sites is 3. The number of hydrogen-bond acceptors (Lipinski definition) is 1. The van der Waals surface area contributed by atoms with Gasteiger partial charge in [-0.25, -0.2) is 4.98 Å². The maximum absolute atomic E-state index is 4.67. The lowest BCUT2D eigenvalue weighted by atomic mass is 10.1. The summed E-state index contributed by atoms with van der Waals surface area (Å²) in [6.45, 7) is 0. The molecule has 0 saturated carbocycles. The zero-order chi connectivity index (χ0) is 10.5. The summed E-state index contributed by atoms with van der Waals surface area (Å²) in [5.74, 6) is 1.16. The highest BCUT2D eigenvalue weighted by Crippen LogP contribution is 2.31. The van der Waals surface area contributed by atoms with Gasteiger partial charge in [0.25, 0.3) is 0 Å². The summed E-state index contributed by atoms with van der Waals surface area (Å²) in [6, 6.07) is 16.8. The van der Waals surface area contributed by atoms with Gasteiger partial charge in [0.15, 0.2) is 0 Å². The van der Waals surface area contributed by atoms with Crippen LogP contribution < -0.4 is 0 Å². The van der Waals surface area contributed by atoms with E-state index >= 15 is 0 Å². The fourth-order valence-electron chi connectivity index (χ4n) is 2.51. The lowest BCUT2D eigenvalue weighted by Gasteiger charge is -2.02. The number of fused-ring (bicyclic) bond motifs is 5. The molecule has 4 rings (SSSR count). The minimum atomic E-state index is 0.949. The second kappa shape index (κ2) is 2.73. The van der Waals surface area contributed by atoms with Crippen molar-refractivity contribution < 1.29 is 0 Å². The molecule has 0 saturated heterocycles. The molecule has 0 bridgehead atoms. The third-order valence-electron chi connectivity index (χ3n) is 3.21. The van der Waals surface area contributed by atoms with Crippen LogP contribution in [0, 0.1) is 0 Å². The van der Waals surface area contributed by atoms with Crippen LogP contribution in [0.2, 0.25) is 0 Å². The van der Waals surface area contributed by atoms with Gasteiger partial charge in [-0.05, 0) is 23.8 Å². The Kier molecular flexibility index (Phi) is 1.38. The summed E-state index contributed by atoms with van der Waals surface area (Å²) in [5.41, 5.74) is 4.96. The van der Waals surface area contributed by atoms with Crippen molar-refractivity contribution in [3.8, 4) is 5.69 Å². The SMILES string of the molecule is c1ccc2c(c1)Cc1nc3ccccc3n1-2. The molecule has 3 aromatic rings. The van der Waals surface area contributed by atoms with Crippen LogP contribution in [0.25, 0.3) is 16.7 Å². The van der Waals surface area contributed by atoms with Gasteiger partial charge in [-0.3, -0.25) is 4.57 Å². The number of nitrogens with zero attached hydrogens (tertiary/aromatic N) is 2. The van der Waals surface area contributed by atoms with Gasteiger partial charge in [-0.1, -0.05) is 30.3 Å². The lowest BCUT2D eigenvalue weighted by molar-refractivity contribution is 1.02. The molecule has 1 aromatic heterocycles. The third kappa shape index (κ3) is 0.890.